The van der Waals surface area contributed by atoms with Gasteiger partial charge in [-0.3, -0.25) is 4.79 Å². The number of benzene rings is 1. The van der Waals surface area contributed by atoms with Gasteiger partial charge < -0.3 is 9.30 Å². The first-order valence-electron chi connectivity index (χ1n) is 8.87. The van der Waals surface area contributed by atoms with Gasteiger partial charge in [-0.05, 0) is 64.1 Å². The number of carbonyl (C=O) groups is 2. The number of rotatable bonds is 6. The average molecular weight is 365 g/mol. The van der Waals surface area contributed by atoms with Crippen molar-refractivity contribution in [2.75, 3.05) is 6.61 Å². The number of hydrogen-bond donors (Lipinski definition) is 0. The molecular weight excluding hydrogens is 342 g/mol. The molecule has 0 amide bonds. The lowest BCUT2D eigenvalue weighted by atomic mass is 10.1. The zero-order valence-electron chi connectivity index (χ0n) is 16.0. The Hall–Kier alpha value is -3.15. The third-order valence-electron chi connectivity index (χ3n) is 4.51. The van der Waals surface area contributed by atoms with Gasteiger partial charge in [-0.2, -0.15) is 5.10 Å². The van der Waals surface area contributed by atoms with Gasteiger partial charge >= 0.3 is 5.97 Å². The van der Waals surface area contributed by atoms with Crippen molar-refractivity contribution in [2.45, 2.75) is 33.7 Å². The van der Waals surface area contributed by atoms with Gasteiger partial charge in [-0.25, -0.2) is 9.48 Å². The molecule has 0 aliphatic carbocycles. The minimum absolute atomic E-state index is 0.198. The summed E-state index contributed by atoms with van der Waals surface area (Å²) in [5.41, 5.74) is 3.75. The van der Waals surface area contributed by atoms with Crippen LogP contribution in [-0.2, 0) is 4.74 Å². The number of esters is 1. The molecule has 0 fully saturated rings. The molecule has 0 aliphatic rings. The van der Waals surface area contributed by atoms with E-state index in [1.165, 1.54) is 0 Å². The van der Waals surface area contributed by atoms with E-state index in [2.05, 4.69) is 23.5 Å². The maximum atomic E-state index is 12.5. The zero-order valence-corrected chi connectivity index (χ0v) is 16.0. The molecule has 2 aromatic heterocycles. The monoisotopic (exact) mass is 365 g/mol. The highest BCUT2D eigenvalue weighted by Gasteiger charge is 2.19. The molecule has 3 aromatic rings. The molecule has 6 heteroatoms. The molecule has 3 rings (SSSR count). The Morgan fingerprint density at radius 1 is 1.15 bits per heavy atom. The second-order valence-corrected chi connectivity index (χ2v) is 6.75. The molecule has 0 N–H and O–H groups in total. The Morgan fingerprint density at radius 3 is 2.41 bits per heavy atom. The van der Waals surface area contributed by atoms with Gasteiger partial charge in [0.25, 0.3) is 0 Å². The Labute approximate surface area is 158 Å². The van der Waals surface area contributed by atoms with Crippen molar-refractivity contribution in [3.8, 4) is 5.69 Å². The summed E-state index contributed by atoms with van der Waals surface area (Å²) in [4.78, 5) is 24.7. The second-order valence-electron chi connectivity index (χ2n) is 6.75. The van der Waals surface area contributed by atoms with Crippen molar-refractivity contribution in [1.82, 2.24) is 14.3 Å². The second kappa shape index (κ2) is 7.61. The molecule has 0 spiro atoms. The van der Waals surface area contributed by atoms with E-state index >= 15 is 0 Å². The molecule has 0 aliphatic heterocycles. The molecule has 0 atom stereocenters. The molecule has 1 aromatic carbocycles. The fourth-order valence-corrected chi connectivity index (χ4v) is 3.32. The molecule has 27 heavy (non-hydrogen) atoms. The van der Waals surface area contributed by atoms with Gasteiger partial charge in [-0.15, -0.1) is 0 Å². The topological polar surface area (TPSA) is 66.1 Å². The smallest absolute Gasteiger partial charge is 0.338 e. The standard InChI is InChI=1S/C21H23N3O3/c1-14(2)24-15(3)12-19(16(24)4)20(25)13-27-21(26)17-6-8-18(9-7-17)23-11-5-10-22-23/h5-12,14H,13H2,1-4H3. The van der Waals surface area contributed by atoms with Crippen LogP contribution in [0.15, 0.2) is 48.8 Å². The van der Waals surface area contributed by atoms with Crippen molar-refractivity contribution >= 4 is 11.8 Å². The summed E-state index contributed by atoms with van der Waals surface area (Å²) in [6, 6.07) is 10.8. The first-order chi connectivity index (χ1) is 12.9. The van der Waals surface area contributed by atoms with E-state index in [4.69, 9.17) is 4.74 Å². The van der Waals surface area contributed by atoms with E-state index in [0.717, 1.165) is 17.1 Å². The molecule has 0 bridgehead atoms. The molecule has 0 radical (unpaired) electrons. The molecule has 6 nitrogen and oxygen atoms in total. The fraction of sp³-hybridized carbons (Fsp3) is 0.286. The first-order valence-corrected chi connectivity index (χ1v) is 8.87. The lowest BCUT2D eigenvalue weighted by Crippen LogP contribution is -2.15. The predicted molar refractivity (Wildman–Crippen MR) is 102 cm³/mol. The van der Waals surface area contributed by atoms with Crippen molar-refractivity contribution < 1.29 is 14.3 Å². The highest BCUT2D eigenvalue weighted by atomic mass is 16.5. The van der Waals surface area contributed by atoms with Crippen LogP contribution in [0.1, 0.15) is 52.0 Å². The van der Waals surface area contributed by atoms with Crippen LogP contribution in [0.4, 0.5) is 0 Å². The van der Waals surface area contributed by atoms with Crippen LogP contribution in [-0.4, -0.2) is 32.7 Å². The number of ketones is 1. The van der Waals surface area contributed by atoms with E-state index in [0.29, 0.717) is 11.1 Å². The Bertz CT molecular complexity index is 951. The van der Waals surface area contributed by atoms with Crippen LogP contribution in [0.25, 0.3) is 5.69 Å². The number of nitrogens with zero attached hydrogens (tertiary/aromatic N) is 3. The van der Waals surface area contributed by atoms with Crippen LogP contribution < -0.4 is 0 Å². The van der Waals surface area contributed by atoms with Crippen LogP contribution in [0.2, 0.25) is 0 Å². The number of ether oxygens (including phenoxy) is 1. The Kier molecular flexibility index (Phi) is 5.26. The zero-order chi connectivity index (χ0) is 19.6. The molecular formula is C21H23N3O3. The van der Waals surface area contributed by atoms with Crippen molar-refractivity contribution in [1.29, 1.82) is 0 Å². The van der Waals surface area contributed by atoms with Gasteiger partial charge in [0.15, 0.2) is 6.61 Å². The summed E-state index contributed by atoms with van der Waals surface area (Å²) < 4.78 is 9.02. The van der Waals surface area contributed by atoms with Crippen LogP contribution in [0, 0.1) is 13.8 Å². The number of aryl methyl sites for hydroxylation is 1. The van der Waals surface area contributed by atoms with Crippen molar-refractivity contribution in [3.05, 3.63) is 71.3 Å². The van der Waals surface area contributed by atoms with Crippen LogP contribution in [0.3, 0.4) is 0 Å². The van der Waals surface area contributed by atoms with Crippen molar-refractivity contribution in [2.24, 2.45) is 0 Å². The lowest BCUT2D eigenvalue weighted by molar-refractivity contribution is 0.0474. The third-order valence-corrected chi connectivity index (χ3v) is 4.51. The maximum absolute atomic E-state index is 12.5. The summed E-state index contributed by atoms with van der Waals surface area (Å²) in [5, 5.41) is 4.14. The summed E-state index contributed by atoms with van der Waals surface area (Å²) in [7, 11) is 0. The van der Waals surface area contributed by atoms with E-state index < -0.39 is 5.97 Å². The first kappa shape index (κ1) is 18.6. The summed E-state index contributed by atoms with van der Waals surface area (Å²) >= 11 is 0. The predicted octanol–water partition coefficient (Wildman–Crippen LogP) is 3.91. The number of aromatic nitrogens is 3. The van der Waals surface area contributed by atoms with Crippen LogP contribution in [0.5, 0.6) is 0 Å². The summed E-state index contributed by atoms with van der Waals surface area (Å²) in [6.45, 7) is 7.75. The van der Waals surface area contributed by atoms with Gasteiger partial charge in [0.05, 0.1) is 11.3 Å². The molecule has 140 valence electrons. The van der Waals surface area contributed by atoms with E-state index in [9.17, 15) is 9.59 Å². The minimum Gasteiger partial charge on any atom is -0.454 e. The van der Waals surface area contributed by atoms with Gasteiger partial charge in [0.2, 0.25) is 5.78 Å². The van der Waals surface area contributed by atoms with Crippen LogP contribution >= 0.6 is 0 Å². The number of Topliss-reactive ketones (excluding diaryl/α,β-unsaturated/α-hetero) is 1. The Morgan fingerprint density at radius 2 is 1.85 bits per heavy atom. The number of hydrogen-bond acceptors (Lipinski definition) is 4. The minimum atomic E-state index is -0.520. The summed E-state index contributed by atoms with van der Waals surface area (Å²) in [5.74, 6) is -0.718. The maximum Gasteiger partial charge on any atom is 0.338 e. The quantitative estimate of drug-likeness (QED) is 0.491. The lowest BCUT2D eigenvalue weighted by Gasteiger charge is -2.13. The third kappa shape index (κ3) is 3.84. The van der Waals surface area contributed by atoms with E-state index in [1.54, 1.807) is 35.1 Å². The summed E-state index contributed by atoms with van der Waals surface area (Å²) in [6.07, 6.45) is 3.50. The largest absolute Gasteiger partial charge is 0.454 e. The molecule has 0 saturated heterocycles. The Balaban J connectivity index is 1.65. The van der Waals surface area contributed by atoms with Gasteiger partial charge in [0, 0.05) is 35.4 Å². The highest BCUT2D eigenvalue weighted by Crippen LogP contribution is 2.20. The van der Waals surface area contributed by atoms with E-state index in [1.807, 2.05) is 32.2 Å². The number of carbonyl (C=O) groups excluding carboxylic acids is 2. The normalized spacial score (nSPS) is 11.0. The van der Waals surface area contributed by atoms with Gasteiger partial charge in [-0.1, -0.05) is 0 Å². The fourth-order valence-electron chi connectivity index (χ4n) is 3.32. The SMILES string of the molecule is Cc1cc(C(=O)COC(=O)c2ccc(-n3cccn3)cc2)c(C)n1C(C)C. The average Bonchev–Trinajstić information content (AvgIpc) is 3.27. The molecule has 2 heterocycles. The van der Waals surface area contributed by atoms with Gasteiger partial charge in [0.1, 0.15) is 0 Å². The van der Waals surface area contributed by atoms with Crippen molar-refractivity contribution in [3.63, 3.8) is 0 Å². The highest BCUT2D eigenvalue weighted by molar-refractivity contribution is 6.00. The molecule has 0 unspecified atom stereocenters. The molecule has 0 saturated carbocycles. The van der Waals surface area contributed by atoms with E-state index in [-0.39, 0.29) is 18.4 Å².